The number of halogens is 3. The smallest absolute Gasteiger partial charge is 0.328 e. The van der Waals surface area contributed by atoms with Crippen LogP contribution in [0.4, 0.5) is 8.78 Å². The normalized spacial score (nSPS) is 13.1. The Kier molecular flexibility index (Phi) is 7.51. The molecule has 0 aromatic heterocycles. The molecule has 3 aromatic rings. The number of nitriles is 1. The molecule has 4 rings (SSSR count). The number of nitrogens with zero attached hydrogens (tertiary/aromatic N) is 1. The van der Waals surface area contributed by atoms with Crippen LogP contribution in [0.1, 0.15) is 33.5 Å². The fourth-order valence-corrected chi connectivity index (χ4v) is 4.52. The lowest BCUT2D eigenvalue weighted by molar-refractivity contribution is -0.142. The first-order valence-electron chi connectivity index (χ1n) is 11.1. The molecule has 1 aliphatic rings. The second kappa shape index (κ2) is 10.8. The molecule has 1 aliphatic heterocycles. The van der Waals surface area contributed by atoms with Crippen LogP contribution >= 0.6 is 11.6 Å². The molecule has 3 aromatic carbocycles. The number of methoxy groups -OCH3 is 1. The molecular formula is C27H21ClF2N2O4. The highest BCUT2D eigenvalue weighted by Crippen LogP contribution is 2.41. The van der Waals surface area contributed by atoms with E-state index in [9.17, 15) is 18.4 Å². The van der Waals surface area contributed by atoms with Crippen LogP contribution in [-0.4, -0.2) is 31.6 Å². The summed E-state index contributed by atoms with van der Waals surface area (Å²) < 4.78 is 39.0. The first-order chi connectivity index (χ1) is 17.3. The molecule has 1 heterocycles. The average molecular weight is 511 g/mol. The largest absolute Gasteiger partial charge is 0.493 e. The van der Waals surface area contributed by atoms with Crippen molar-refractivity contribution in [1.82, 2.24) is 5.32 Å². The van der Waals surface area contributed by atoms with Gasteiger partial charge in [0.1, 0.15) is 29.0 Å². The predicted molar refractivity (Wildman–Crippen MR) is 129 cm³/mol. The maximum absolute atomic E-state index is 14.1. The van der Waals surface area contributed by atoms with Crippen molar-refractivity contribution in [1.29, 1.82) is 5.26 Å². The molecule has 9 heteroatoms. The number of esters is 1. The number of carbonyl (C=O) groups is 2. The predicted octanol–water partition coefficient (Wildman–Crippen LogP) is 5.00. The first-order valence-corrected chi connectivity index (χ1v) is 11.5. The second-order valence-corrected chi connectivity index (χ2v) is 8.60. The Morgan fingerprint density at radius 3 is 2.56 bits per heavy atom. The Hall–Kier alpha value is -3.96. The average Bonchev–Trinajstić information content (AvgIpc) is 2.88. The molecule has 1 amide bonds. The molecule has 184 valence electrons. The SMILES string of the molecule is COC(=O)[C@H](Cc1ccc(-c2ccc(C#N)cc2Cl)c2c1CCCO2)NC(=O)c1c(F)cccc1F. The van der Waals surface area contributed by atoms with Crippen LogP contribution in [0.3, 0.4) is 0 Å². The number of rotatable bonds is 6. The van der Waals surface area contributed by atoms with Crippen molar-refractivity contribution in [2.24, 2.45) is 0 Å². The minimum Gasteiger partial charge on any atom is -0.493 e. The van der Waals surface area contributed by atoms with Gasteiger partial charge in [0.2, 0.25) is 0 Å². The Balaban J connectivity index is 1.69. The first kappa shape index (κ1) is 25.1. The molecule has 0 aliphatic carbocycles. The van der Waals surface area contributed by atoms with Crippen LogP contribution in [0.2, 0.25) is 5.02 Å². The molecule has 0 saturated heterocycles. The summed E-state index contributed by atoms with van der Waals surface area (Å²) in [4.78, 5) is 25.2. The lowest BCUT2D eigenvalue weighted by Crippen LogP contribution is -2.43. The Morgan fingerprint density at radius 1 is 1.17 bits per heavy atom. The molecule has 0 radical (unpaired) electrons. The monoisotopic (exact) mass is 510 g/mol. The van der Waals surface area contributed by atoms with Gasteiger partial charge in [-0.1, -0.05) is 35.9 Å². The highest BCUT2D eigenvalue weighted by atomic mass is 35.5. The number of nitrogens with one attached hydrogen (secondary N) is 1. The van der Waals surface area contributed by atoms with E-state index in [0.717, 1.165) is 35.7 Å². The van der Waals surface area contributed by atoms with Gasteiger partial charge in [-0.25, -0.2) is 13.6 Å². The number of ether oxygens (including phenoxy) is 2. The zero-order valence-corrected chi connectivity index (χ0v) is 20.0. The summed E-state index contributed by atoms with van der Waals surface area (Å²) in [5.41, 5.74) is 2.62. The molecule has 6 nitrogen and oxygen atoms in total. The van der Waals surface area contributed by atoms with Gasteiger partial charge < -0.3 is 14.8 Å². The molecule has 36 heavy (non-hydrogen) atoms. The zero-order valence-electron chi connectivity index (χ0n) is 19.2. The Labute approximate surface area is 211 Å². The standard InChI is InChI=1S/C27H21ClF2N2O4/c1-35-27(34)23(32-26(33)24-21(29)5-2-6-22(24)30)13-16-8-10-19(25-17(16)4-3-11-36-25)18-9-7-15(14-31)12-20(18)28/h2,5-10,12,23H,3-4,11,13H2,1H3,(H,32,33)/t23-/m0/s1. The fraction of sp³-hybridized carbons (Fsp3) is 0.222. The van der Waals surface area contributed by atoms with E-state index in [2.05, 4.69) is 5.32 Å². The molecule has 0 saturated carbocycles. The number of fused-ring (bicyclic) bond motifs is 1. The minimum atomic E-state index is -1.20. The summed E-state index contributed by atoms with van der Waals surface area (Å²) in [6, 6.07) is 12.5. The quantitative estimate of drug-likeness (QED) is 0.472. The minimum absolute atomic E-state index is 0.0154. The van der Waals surface area contributed by atoms with Gasteiger partial charge >= 0.3 is 5.97 Å². The molecule has 1 N–H and O–H groups in total. The number of amides is 1. The number of benzene rings is 3. The van der Waals surface area contributed by atoms with E-state index in [1.165, 1.54) is 7.11 Å². The summed E-state index contributed by atoms with van der Waals surface area (Å²) >= 11 is 6.43. The zero-order chi connectivity index (χ0) is 25.8. The van der Waals surface area contributed by atoms with Gasteiger partial charge in [0, 0.05) is 22.6 Å². The van der Waals surface area contributed by atoms with Gasteiger partial charge in [-0.2, -0.15) is 5.26 Å². The van der Waals surface area contributed by atoms with E-state index in [1.807, 2.05) is 6.07 Å². The second-order valence-electron chi connectivity index (χ2n) is 8.19. The van der Waals surface area contributed by atoms with E-state index in [4.69, 9.17) is 26.3 Å². The molecular weight excluding hydrogens is 490 g/mol. The maximum atomic E-state index is 14.1. The summed E-state index contributed by atoms with van der Waals surface area (Å²) in [5, 5.41) is 11.9. The number of carbonyl (C=O) groups excluding carboxylic acids is 2. The van der Waals surface area contributed by atoms with Crippen molar-refractivity contribution in [3.05, 3.63) is 87.4 Å². The van der Waals surface area contributed by atoms with Gasteiger partial charge in [0.15, 0.2) is 0 Å². The van der Waals surface area contributed by atoms with Crippen LogP contribution in [0, 0.1) is 23.0 Å². The van der Waals surface area contributed by atoms with Crippen molar-refractivity contribution < 1.29 is 27.8 Å². The summed E-state index contributed by atoms with van der Waals surface area (Å²) in [7, 11) is 1.17. The van der Waals surface area contributed by atoms with Crippen molar-refractivity contribution in [2.45, 2.75) is 25.3 Å². The van der Waals surface area contributed by atoms with Crippen LogP contribution in [0.5, 0.6) is 5.75 Å². The highest BCUT2D eigenvalue weighted by Gasteiger charge is 2.28. The summed E-state index contributed by atoms with van der Waals surface area (Å²) in [6.45, 7) is 0.487. The van der Waals surface area contributed by atoms with E-state index >= 15 is 0 Å². The van der Waals surface area contributed by atoms with Gasteiger partial charge in [0.05, 0.1) is 25.3 Å². The van der Waals surface area contributed by atoms with Gasteiger partial charge in [-0.15, -0.1) is 0 Å². The Bertz CT molecular complexity index is 1370. The van der Waals surface area contributed by atoms with E-state index in [1.54, 1.807) is 30.3 Å². The Morgan fingerprint density at radius 2 is 1.89 bits per heavy atom. The summed E-state index contributed by atoms with van der Waals surface area (Å²) in [5.74, 6) is -3.30. The molecule has 0 unspecified atom stereocenters. The topological polar surface area (TPSA) is 88.4 Å². The van der Waals surface area contributed by atoms with Crippen LogP contribution in [0.25, 0.3) is 11.1 Å². The third-order valence-corrected chi connectivity index (χ3v) is 6.28. The lowest BCUT2D eigenvalue weighted by Gasteiger charge is -2.25. The molecule has 1 atom stereocenters. The lowest BCUT2D eigenvalue weighted by atomic mass is 9.90. The maximum Gasteiger partial charge on any atom is 0.328 e. The van der Waals surface area contributed by atoms with Crippen molar-refractivity contribution in [3.63, 3.8) is 0 Å². The highest BCUT2D eigenvalue weighted by molar-refractivity contribution is 6.33. The van der Waals surface area contributed by atoms with E-state index < -0.39 is 35.1 Å². The van der Waals surface area contributed by atoms with Crippen LogP contribution in [-0.2, 0) is 22.4 Å². The van der Waals surface area contributed by atoms with Crippen molar-refractivity contribution in [2.75, 3.05) is 13.7 Å². The van der Waals surface area contributed by atoms with Crippen molar-refractivity contribution in [3.8, 4) is 22.9 Å². The van der Waals surface area contributed by atoms with E-state index in [-0.39, 0.29) is 6.42 Å². The van der Waals surface area contributed by atoms with Gasteiger partial charge in [0.25, 0.3) is 5.91 Å². The molecule has 0 fully saturated rings. The molecule has 0 spiro atoms. The molecule has 0 bridgehead atoms. The van der Waals surface area contributed by atoms with E-state index in [0.29, 0.717) is 40.5 Å². The number of hydrogen-bond acceptors (Lipinski definition) is 5. The van der Waals surface area contributed by atoms with Gasteiger partial charge in [-0.05, 0) is 48.2 Å². The third kappa shape index (κ3) is 5.02. The third-order valence-electron chi connectivity index (χ3n) is 5.97. The van der Waals surface area contributed by atoms with Crippen molar-refractivity contribution >= 4 is 23.5 Å². The summed E-state index contributed by atoms with van der Waals surface area (Å²) in [6.07, 6.45) is 1.40. The van der Waals surface area contributed by atoms with Crippen LogP contribution in [0.15, 0.2) is 48.5 Å². The number of hydrogen-bond donors (Lipinski definition) is 1. The van der Waals surface area contributed by atoms with Gasteiger partial charge in [-0.3, -0.25) is 4.79 Å². The fourth-order valence-electron chi connectivity index (χ4n) is 4.24. The van der Waals surface area contributed by atoms with Crippen LogP contribution < -0.4 is 10.1 Å².